The van der Waals surface area contributed by atoms with E-state index in [9.17, 15) is 29.3 Å². The van der Waals surface area contributed by atoms with Crippen LogP contribution in [0, 0.1) is 40.9 Å². The smallest absolute Gasteiger partial charge is 0.311 e. The number of nitrogens with zero attached hydrogens (tertiary/aromatic N) is 4. The standard InChI is InChI=1S/C56H86FN5O13/c1-14-45-56(10,67)52(65)36(6)49(61-70-31-68-12)33(3)27-55(9,69-13)53(37(7)51(38(8)54(66)73-45)74-47-24-32(2)23-34(4)71-47)75-48-26-43(25-35(5)72-48)62(11)22-21-46(63)60-44(28-57)50(64)40-17-15-39(16-18-40)41-19-20-42(29-58)59-30-41/h15-20,30,32-38,43-45,47-48,50-53,64-65,67H,14,21-28,31H2,1-13H3,(H,60,63)/b61-49+/t32-,33-,34+,35-,36+,37+,38-,43+,44-,45-,47+,48+,50-,51+,52-,53-,55-,56-/m1/s1. The van der Waals surface area contributed by atoms with Gasteiger partial charge in [0.15, 0.2) is 12.6 Å². The Balaban J connectivity index is 1.40. The maximum Gasteiger partial charge on any atom is 0.311 e. The number of nitrogens with one attached hydrogen (secondary N) is 1. The normalized spacial score (nSPS) is 35.7. The van der Waals surface area contributed by atoms with Crippen LogP contribution in [0.3, 0.4) is 0 Å². The summed E-state index contributed by atoms with van der Waals surface area (Å²) in [6, 6.07) is 10.9. The van der Waals surface area contributed by atoms with Crippen LogP contribution in [0.4, 0.5) is 4.39 Å². The Labute approximate surface area is 443 Å². The van der Waals surface area contributed by atoms with Gasteiger partial charge in [-0.1, -0.05) is 64.0 Å². The Bertz CT molecular complexity index is 2170. The number of carbonyl (C=O) groups excluding carboxylic acids is 2. The van der Waals surface area contributed by atoms with E-state index in [0.717, 1.165) is 17.5 Å². The third kappa shape index (κ3) is 16.0. The molecule has 4 N–H and O–H groups in total. The number of rotatable bonds is 18. The molecule has 19 heteroatoms. The largest absolute Gasteiger partial charge is 0.459 e. The highest BCUT2D eigenvalue weighted by Crippen LogP contribution is 2.41. The monoisotopic (exact) mass is 1060 g/mol. The van der Waals surface area contributed by atoms with Gasteiger partial charge in [-0.3, -0.25) is 9.59 Å². The van der Waals surface area contributed by atoms with Crippen LogP contribution >= 0.6 is 0 Å². The maximum atomic E-state index is 14.5. The summed E-state index contributed by atoms with van der Waals surface area (Å²) in [6.07, 6.45) is -2.90. The van der Waals surface area contributed by atoms with Crippen LogP contribution in [-0.2, 0) is 47.6 Å². The van der Waals surface area contributed by atoms with Crippen LogP contribution in [0.15, 0.2) is 47.8 Å². The Kier molecular flexibility index (Phi) is 22.9. The lowest BCUT2D eigenvalue weighted by Gasteiger charge is -2.48. The topological polar surface area (TPSA) is 233 Å². The predicted octanol–water partition coefficient (Wildman–Crippen LogP) is 7.02. The molecule has 2 aromatic rings. The van der Waals surface area contributed by atoms with Crippen molar-refractivity contribution in [1.29, 1.82) is 5.26 Å². The summed E-state index contributed by atoms with van der Waals surface area (Å²) < 4.78 is 59.4. The number of hydrogen-bond acceptors (Lipinski definition) is 17. The fourth-order valence-electron chi connectivity index (χ4n) is 11.3. The summed E-state index contributed by atoms with van der Waals surface area (Å²) >= 11 is 0. The summed E-state index contributed by atoms with van der Waals surface area (Å²) in [5.41, 5.74) is -0.354. The molecule has 0 saturated carbocycles. The summed E-state index contributed by atoms with van der Waals surface area (Å²) in [7, 11) is 4.98. The molecule has 0 bridgehead atoms. The van der Waals surface area contributed by atoms with Crippen molar-refractivity contribution in [3.63, 3.8) is 0 Å². The highest BCUT2D eigenvalue weighted by atomic mass is 19.1. The summed E-state index contributed by atoms with van der Waals surface area (Å²) in [5, 5.41) is 51.5. The molecular formula is C56H86FN5O13. The van der Waals surface area contributed by atoms with Gasteiger partial charge in [0.05, 0.1) is 53.8 Å². The van der Waals surface area contributed by atoms with Gasteiger partial charge in [-0.05, 0) is 96.5 Å². The highest BCUT2D eigenvalue weighted by Gasteiger charge is 2.52. The predicted molar refractivity (Wildman–Crippen MR) is 278 cm³/mol. The fourth-order valence-corrected chi connectivity index (χ4v) is 11.3. The van der Waals surface area contributed by atoms with Gasteiger partial charge < -0.3 is 63.5 Å². The van der Waals surface area contributed by atoms with Crippen molar-refractivity contribution in [2.45, 2.75) is 193 Å². The van der Waals surface area contributed by atoms with Gasteiger partial charge in [0.25, 0.3) is 0 Å². The number of benzene rings is 1. The van der Waals surface area contributed by atoms with E-state index in [4.69, 9.17) is 43.3 Å². The lowest BCUT2D eigenvalue weighted by molar-refractivity contribution is -0.287. The molecule has 5 rings (SSSR count). The number of hydrogen-bond donors (Lipinski definition) is 4. The van der Waals surface area contributed by atoms with Gasteiger partial charge in [-0.2, -0.15) is 5.26 Å². The van der Waals surface area contributed by atoms with Crippen molar-refractivity contribution in [2.75, 3.05) is 41.3 Å². The van der Waals surface area contributed by atoms with Gasteiger partial charge >= 0.3 is 5.97 Å². The quantitative estimate of drug-likeness (QED) is 0.0508. The van der Waals surface area contributed by atoms with Crippen LogP contribution in [0.25, 0.3) is 11.1 Å². The van der Waals surface area contributed by atoms with Crippen molar-refractivity contribution in [3.05, 3.63) is 53.9 Å². The minimum atomic E-state index is -1.91. The number of alkyl halides is 1. The summed E-state index contributed by atoms with van der Waals surface area (Å²) in [6.45, 7) is 17.8. The molecule has 3 aliphatic rings. The third-order valence-electron chi connectivity index (χ3n) is 15.8. The first-order chi connectivity index (χ1) is 35.5. The van der Waals surface area contributed by atoms with Crippen LogP contribution < -0.4 is 5.32 Å². The summed E-state index contributed by atoms with van der Waals surface area (Å²) in [4.78, 5) is 39.7. The maximum absolute atomic E-state index is 14.5. The van der Waals surface area contributed by atoms with Gasteiger partial charge in [0, 0.05) is 75.6 Å². The van der Waals surface area contributed by atoms with E-state index in [1.807, 2.05) is 47.7 Å². The molecule has 0 unspecified atom stereocenters. The molecule has 1 aromatic carbocycles. The van der Waals surface area contributed by atoms with Crippen molar-refractivity contribution in [1.82, 2.24) is 15.2 Å². The number of cyclic esters (lactones) is 1. The zero-order chi connectivity index (χ0) is 55.4. The third-order valence-corrected chi connectivity index (χ3v) is 15.8. The number of amides is 1. The number of nitriles is 1. The number of aromatic nitrogens is 1. The first-order valence-electron chi connectivity index (χ1n) is 26.7. The second-order valence-electron chi connectivity index (χ2n) is 21.9. The first-order valence-corrected chi connectivity index (χ1v) is 26.7. The molecule has 0 radical (unpaired) electrons. The van der Waals surface area contributed by atoms with E-state index in [0.29, 0.717) is 42.8 Å². The highest BCUT2D eigenvalue weighted by molar-refractivity contribution is 5.89. The number of ether oxygens (including phenoxy) is 7. The molecule has 4 heterocycles. The number of halogens is 1. The van der Waals surface area contributed by atoms with Gasteiger partial charge in [0.1, 0.15) is 36.2 Å². The van der Waals surface area contributed by atoms with E-state index in [2.05, 4.69) is 27.3 Å². The minimum Gasteiger partial charge on any atom is -0.459 e. The van der Waals surface area contributed by atoms with Crippen molar-refractivity contribution in [3.8, 4) is 17.2 Å². The average molecular weight is 1060 g/mol. The second-order valence-corrected chi connectivity index (χ2v) is 21.9. The molecule has 0 spiro atoms. The first kappa shape index (κ1) is 61.7. The SMILES string of the molecule is CC[C@H]1OC(=O)[C@H](C)[C@@H](O[C@H]2C[C@H](C)C[C@H](C)O2)[C@H](C)[C@@H](O[C@H]2C[C@@H](N(C)CCC(=O)N[C@H](CF)[C@H](O)c3ccc(-c4ccc(C#N)nc4)cc3)C[C@@H](C)O2)[C@](C)(OC)C[C@@H](C)/C(=N\OCOC)[C@H](C)[C@@H](O)[C@]1(C)O. The Hall–Kier alpha value is -4.20. The number of aliphatic hydroxyl groups is 3. The van der Waals surface area contributed by atoms with Crippen LogP contribution in [0.2, 0.25) is 0 Å². The molecule has 1 amide bonds. The Morgan fingerprint density at radius 3 is 2.21 bits per heavy atom. The van der Waals surface area contributed by atoms with Crippen LogP contribution in [-0.4, -0.2) is 157 Å². The molecular weight excluding hydrogens is 970 g/mol. The zero-order valence-electron chi connectivity index (χ0n) is 46.4. The van der Waals surface area contributed by atoms with Gasteiger partial charge in [0.2, 0.25) is 12.7 Å². The average Bonchev–Trinajstić information content (AvgIpc) is 3.38. The Morgan fingerprint density at radius 2 is 1.63 bits per heavy atom. The molecule has 3 saturated heterocycles. The molecule has 18 nitrogen and oxygen atoms in total. The lowest BCUT2D eigenvalue weighted by atomic mass is 9.73. The van der Waals surface area contributed by atoms with Crippen molar-refractivity contribution in [2.24, 2.45) is 34.7 Å². The van der Waals surface area contributed by atoms with Crippen molar-refractivity contribution < 1.29 is 67.3 Å². The lowest BCUT2D eigenvalue weighted by Crippen LogP contribution is -2.59. The summed E-state index contributed by atoms with van der Waals surface area (Å²) in [5.74, 6) is -3.55. The molecule has 1 aromatic heterocycles. The Morgan fingerprint density at radius 1 is 0.973 bits per heavy atom. The number of esters is 1. The number of oxime groups is 1. The van der Waals surface area contributed by atoms with Gasteiger partial charge in [-0.25, -0.2) is 9.37 Å². The molecule has 18 atom stereocenters. The van der Waals surface area contributed by atoms with E-state index in [-0.39, 0.29) is 50.2 Å². The van der Waals surface area contributed by atoms with E-state index < -0.39 is 103 Å². The number of methoxy groups -OCH3 is 2. The molecule has 420 valence electrons. The van der Waals surface area contributed by atoms with Crippen LogP contribution in [0.5, 0.6) is 0 Å². The molecule has 3 fully saturated rings. The van der Waals surface area contributed by atoms with Crippen LogP contribution in [0.1, 0.15) is 132 Å². The number of carbonyl (C=O) groups is 2. The second kappa shape index (κ2) is 27.9. The number of pyridine rings is 1. The van der Waals surface area contributed by atoms with Gasteiger partial charge in [-0.15, -0.1) is 0 Å². The minimum absolute atomic E-state index is 0.0216. The fraction of sp³-hybridized carbons (Fsp3) is 0.732. The molecule has 3 aliphatic heterocycles. The van der Waals surface area contributed by atoms with Crippen molar-refractivity contribution >= 4 is 17.6 Å². The van der Waals surface area contributed by atoms with E-state index in [1.165, 1.54) is 14.0 Å². The van der Waals surface area contributed by atoms with E-state index >= 15 is 0 Å². The molecule has 75 heavy (non-hydrogen) atoms. The number of aliphatic hydroxyl groups excluding tert-OH is 2. The zero-order valence-corrected chi connectivity index (χ0v) is 46.4. The van der Waals surface area contributed by atoms with E-state index in [1.54, 1.807) is 70.5 Å². The molecule has 0 aliphatic carbocycles.